The van der Waals surface area contributed by atoms with Crippen LogP contribution in [0.2, 0.25) is 0 Å². The first-order valence-corrected chi connectivity index (χ1v) is 15.4. The summed E-state index contributed by atoms with van der Waals surface area (Å²) in [4.78, 5) is 28.9. The van der Waals surface area contributed by atoms with Crippen LogP contribution in [0.4, 0.5) is 55.5 Å². The van der Waals surface area contributed by atoms with Crippen LogP contribution >= 0.6 is 0 Å². The van der Waals surface area contributed by atoms with Crippen LogP contribution in [0.1, 0.15) is 44.1 Å². The molecule has 1 aromatic heterocycles. The van der Waals surface area contributed by atoms with Crippen molar-refractivity contribution in [3.05, 3.63) is 72.2 Å². The van der Waals surface area contributed by atoms with Gasteiger partial charge in [-0.05, 0) is 49.9 Å². The maximum atomic E-state index is 14.2. The van der Waals surface area contributed by atoms with Gasteiger partial charge in [0, 0.05) is 48.7 Å². The largest absolute Gasteiger partial charge is 0.490 e. The molecule has 0 spiro atoms. The Morgan fingerprint density at radius 2 is 1.37 bits per heavy atom. The smallest absolute Gasteiger partial charge is 0.475 e. The second kappa shape index (κ2) is 17.5. The molecule has 280 valence electrons. The van der Waals surface area contributed by atoms with Gasteiger partial charge < -0.3 is 25.7 Å². The number of nitrogens with one attached hydrogen (secondary N) is 2. The molecule has 5 rings (SSSR count). The number of carbonyl (C=O) groups is 2. The molecular weight excluding hydrogens is 708 g/mol. The highest BCUT2D eigenvalue weighted by Gasteiger charge is 2.39. The Labute approximate surface area is 284 Å². The minimum absolute atomic E-state index is 0.156. The number of nitrogens with zero attached hydrogens (tertiary/aromatic N) is 3. The summed E-state index contributed by atoms with van der Waals surface area (Å²) >= 11 is 0. The molecule has 0 bridgehead atoms. The van der Waals surface area contributed by atoms with Crippen LogP contribution in [0.25, 0.3) is 11.3 Å². The number of benzene rings is 2. The van der Waals surface area contributed by atoms with Crippen molar-refractivity contribution in [1.82, 2.24) is 15.3 Å². The van der Waals surface area contributed by atoms with Crippen LogP contribution in [-0.4, -0.2) is 75.7 Å². The lowest BCUT2D eigenvalue weighted by Crippen LogP contribution is -2.55. The van der Waals surface area contributed by atoms with Gasteiger partial charge in [-0.25, -0.2) is 23.9 Å². The van der Waals surface area contributed by atoms with E-state index in [1.807, 2.05) is 41.3 Å². The first kappa shape index (κ1) is 40.7. The highest BCUT2D eigenvalue weighted by Crippen LogP contribution is 2.34. The average Bonchev–Trinajstić information content (AvgIpc) is 3.05. The standard InChI is InChI=1S/C28H31F4N5.2C2HF3O2/c29-23-17-21(12-13-22(23)28(30,31)32)37-16-6-9-20(18-37)34-25-10-4-5-11-26(25)36-27-33-15-14-24(35-27)19-7-2-1-3-8-19;2*3-2(4,5)1(6)7/h1-3,7-8,12-15,17,20,25-26,34H,4-6,9-11,16,18H2,(H,33,35,36);2*(H,6,7)/t20-,25+,26+;;/m0../s1. The van der Waals surface area contributed by atoms with Crippen molar-refractivity contribution in [2.75, 3.05) is 23.3 Å². The summed E-state index contributed by atoms with van der Waals surface area (Å²) in [6, 6.07) is 15.6. The summed E-state index contributed by atoms with van der Waals surface area (Å²) in [5.41, 5.74) is 1.16. The molecule has 2 heterocycles. The fourth-order valence-electron chi connectivity index (χ4n) is 5.45. The number of alkyl halides is 9. The van der Waals surface area contributed by atoms with Crippen LogP contribution in [0.15, 0.2) is 60.8 Å². The average molecular weight is 742 g/mol. The fraction of sp³-hybridized carbons (Fsp3) is 0.438. The Morgan fingerprint density at radius 3 is 1.92 bits per heavy atom. The van der Waals surface area contributed by atoms with Crippen molar-refractivity contribution in [2.24, 2.45) is 0 Å². The van der Waals surface area contributed by atoms with E-state index in [9.17, 15) is 43.9 Å². The SMILES string of the molecule is Fc1cc(N2CCC[C@H](N[C@@H]3CCCC[C@H]3Nc3nccc(-c4ccccc4)n3)C2)ccc1C(F)(F)F.O=C(O)C(F)(F)F.O=C(O)C(F)(F)F. The quantitative estimate of drug-likeness (QED) is 0.190. The zero-order valence-electron chi connectivity index (χ0n) is 26.5. The zero-order valence-corrected chi connectivity index (χ0v) is 26.5. The number of carboxylic acids is 2. The summed E-state index contributed by atoms with van der Waals surface area (Å²) in [5, 5.41) is 21.6. The number of rotatable bonds is 6. The molecule has 19 heteroatoms. The molecule has 0 unspecified atom stereocenters. The number of hydrogen-bond acceptors (Lipinski definition) is 7. The van der Waals surface area contributed by atoms with E-state index >= 15 is 0 Å². The number of anilines is 2. The molecule has 3 aromatic rings. The second-order valence-electron chi connectivity index (χ2n) is 11.5. The highest BCUT2D eigenvalue weighted by molar-refractivity contribution is 5.73. The third kappa shape index (κ3) is 12.9. The van der Waals surface area contributed by atoms with Crippen molar-refractivity contribution in [1.29, 1.82) is 0 Å². The maximum absolute atomic E-state index is 14.2. The number of piperidine rings is 1. The summed E-state index contributed by atoms with van der Waals surface area (Å²) in [7, 11) is 0. The molecule has 1 aliphatic carbocycles. The molecule has 1 saturated carbocycles. The van der Waals surface area contributed by atoms with Gasteiger partial charge in [-0.15, -0.1) is 0 Å². The molecule has 9 nitrogen and oxygen atoms in total. The van der Waals surface area contributed by atoms with Crippen molar-refractivity contribution < 1.29 is 63.7 Å². The molecule has 1 aliphatic heterocycles. The maximum Gasteiger partial charge on any atom is 0.490 e. The van der Waals surface area contributed by atoms with Gasteiger partial charge in [0.2, 0.25) is 5.95 Å². The van der Waals surface area contributed by atoms with E-state index in [0.29, 0.717) is 24.7 Å². The van der Waals surface area contributed by atoms with Gasteiger partial charge >= 0.3 is 30.5 Å². The van der Waals surface area contributed by atoms with Crippen molar-refractivity contribution in [2.45, 2.75) is 75.2 Å². The van der Waals surface area contributed by atoms with Gasteiger partial charge in [-0.1, -0.05) is 43.2 Å². The summed E-state index contributed by atoms with van der Waals surface area (Å²) in [5.74, 6) is -6.14. The van der Waals surface area contributed by atoms with Gasteiger partial charge in [-0.2, -0.15) is 39.5 Å². The third-order valence-corrected chi connectivity index (χ3v) is 7.78. The summed E-state index contributed by atoms with van der Waals surface area (Å²) < 4.78 is 117. The molecule has 2 fully saturated rings. The lowest BCUT2D eigenvalue weighted by atomic mass is 9.89. The van der Waals surface area contributed by atoms with E-state index in [1.165, 1.54) is 6.07 Å². The van der Waals surface area contributed by atoms with E-state index < -0.39 is 41.8 Å². The molecule has 0 amide bonds. The first-order valence-electron chi connectivity index (χ1n) is 15.4. The predicted molar refractivity (Wildman–Crippen MR) is 164 cm³/mol. The Bertz CT molecular complexity index is 1570. The molecule has 3 atom stereocenters. The van der Waals surface area contributed by atoms with Crippen molar-refractivity contribution in [3.8, 4) is 11.3 Å². The predicted octanol–water partition coefficient (Wildman–Crippen LogP) is 7.55. The van der Waals surface area contributed by atoms with Crippen LogP contribution in [0.3, 0.4) is 0 Å². The van der Waals surface area contributed by atoms with E-state index in [1.54, 1.807) is 6.20 Å². The molecule has 4 N–H and O–H groups in total. The van der Waals surface area contributed by atoms with Crippen LogP contribution in [0.5, 0.6) is 0 Å². The molecule has 2 aliphatic rings. The number of aromatic nitrogens is 2. The van der Waals surface area contributed by atoms with Gasteiger partial charge in [0.25, 0.3) is 0 Å². The second-order valence-corrected chi connectivity index (χ2v) is 11.5. The van der Waals surface area contributed by atoms with Gasteiger partial charge in [-0.3, -0.25) is 0 Å². The molecule has 1 saturated heterocycles. The van der Waals surface area contributed by atoms with Crippen LogP contribution in [0, 0.1) is 5.82 Å². The molecular formula is C32H33F10N5O4. The van der Waals surface area contributed by atoms with Crippen molar-refractivity contribution >= 4 is 23.6 Å². The van der Waals surface area contributed by atoms with Crippen LogP contribution in [-0.2, 0) is 15.8 Å². The highest BCUT2D eigenvalue weighted by atomic mass is 19.4. The Kier molecular flexibility index (Phi) is 14.0. The van der Waals surface area contributed by atoms with Crippen molar-refractivity contribution in [3.63, 3.8) is 0 Å². The molecule has 2 aromatic carbocycles. The van der Waals surface area contributed by atoms with E-state index in [4.69, 9.17) is 24.8 Å². The number of hydrogen-bond donors (Lipinski definition) is 4. The lowest BCUT2D eigenvalue weighted by molar-refractivity contribution is -0.193. The Balaban J connectivity index is 0.000000424. The normalized spacial score (nSPS) is 19.5. The summed E-state index contributed by atoms with van der Waals surface area (Å²) in [6.45, 7) is 1.31. The Hall–Kier alpha value is -4.68. The Morgan fingerprint density at radius 1 is 0.784 bits per heavy atom. The minimum Gasteiger partial charge on any atom is -0.475 e. The number of halogens is 10. The first-order chi connectivity index (χ1) is 23.8. The van der Waals surface area contributed by atoms with Gasteiger partial charge in [0.15, 0.2) is 0 Å². The van der Waals surface area contributed by atoms with Crippen LogP contribution < -0.4 is 15.5 Å². The third-order valence-electron chi connectivity index (χ3n) is 7.78. The van der Waals surface area contributed by atoms with E-state index in [0.717, 1.165) is 61.9 Å². The minimum atomic E-state index is -5.08. The topological polar surface area (TPSA) is 128 Å². The number of carboxylic acid groups (broad SMARTS) is 2. The monoisotopic (exact) mass is 741 g/mol. The molecule has 0 radical (unpaired) electrons. The number of aliphatic carboxylic acids is 2. The summed E-state index contributed by atoms with van der Waals surface area (Å²) in [6.07, 6.45) is -6.99. The fourth-order valence-corrected chi connectivity index (χ4v) is 5.45. The van der Waals surface area contributed by atoms with Gasteiger partial charge in [0.1, 0.15) is 5.82 Å². The zero-order chi connectivity index (χ0) is 38.0. The van der Waals surface area contributed by atoms with Gasteiger partial charge in [0.05, 0.1) is 11.3 Å². The molecule has 51 heavy (non-hydrogen) atoms. The van der Waals surface area contributed by atoms with E-state index in [-0.39, 0.29) is 18.1 Å². The van der Waals surface area contributed by atoms with E-state index in [2.05, 4.69) is 15.6 Å². The lowest BCUT2D eigenvalue weighted by Gasteiger charge is -2.40.